The van der Waals surface area contributed by atoms with E-state index in [2.05, 4.69) is 29.2 Å². The molecule has 4 nitrogen and oxygen atoms in total. The molecule has 4 rings (SSSR count). The van der Waals surface area contributed by atoms with Gasteiger partial charge in [-0.2, -0.15) is 0 Å². The number of carbonyl (C=O) groups excluding carboxylic acids is 1. The molecule has 1 unspecified atom stereocenters. The predicted molar refractivity (Wildman–Crippen MR) is 119 cm³/mol. The third-order valence-electron chi connectivity index (χ3n) is 5.48. The fourth-order valence-corrected chi connectivity index (χ4v) is 4.19. The van der Waals surface area contributed by atoms with Crippen molar-refractivity contribution in [1.82, 2.24) is 9.80 Å². The van der Waals surface area contributed by atoms with E-state index in [-0.39, 0.29) is 12.1 Å². The molecule has 1 saturated heterocycles. The molecule has 0 bridgehead atoms. The quantitative estimate of drug-likeness (QED) is 0.543. The van der Waals surface area contributed by atoms with E-state index in [0.717, 1.165) is 17.7 Å². The van der Waals surface area contributed by atoms with Crippen LogP contribution in [0.15, 0.2) is 78.9 Å². The summed E-state index contributed by atoms with van der Waals surface area (Å²) in [5.74, 6) is 0.978. The van der Waals surface area contributed by atoms with Gasteiger partial charge in [-0.05, 0) is 47.4 Å². The third-order valence-corrected chi connectivity index (χ3v) is 5.71. The maximum absolute atomic E-state index is 13.0. The molecule has 5 heteroatoms. The van der Waals surface area contributed by atoms with Crippen molar-refractivity contribution >= 4 is 17.5 Å². The van der Waals surface area contributed by atoms with Crippen LogP contribution in [0.5, 0.6) is 5.75 Å². The average Bonchev–Trinajstić information content (AvgIpc) is 3.08. The minimum atomic E-state index is -0.130. The fraction of sp³-hybridized carbons (Fsp3) is 0.240. The van der Waals surface area contributed by atoms with E-state index < -0.39 is 0 Å². The van der Waals surface area contributed by atoms with E-state index in [0.29, 0.717) is 24.7 Å². The van der Waals surface area contributed by atoms with E-state index in [4.69, 9.17) is 16.3 Å². The van der Waals surface area contributed by atoms with Crippen LogP contribution in [0.2, 0.25) is 5.02 Å². The van der Waals surface area contributed by atoms with Crippen LogP contribution in [0, 0.1) is 0 Å². The molecule has 154 valence electrons. The normalized spacial score (nSPS) is 16.8. The zero-order valence-corrected chi connectivity index (χ0v) is 17.8. The summed E-state index contributed by atoms with van der Waals surface area (Å²) >= 11 is 6.28. The first-order valence-corrected chi connectivity index (χ1v) is 10.5. The van der Waals surface area contributed by atoms with Gasteiger partial charge < -0.3 is 9.64 Å². The maximum Gasteiger partial charge on any atom is 0.238 e. The first-order chi connectivity index (χ1) is 14.6. The number of methoxy groups -OCH3 is 1. The van der Waals surface area contributed by atoms with Crippen LogP contribution in [0.4, 0.5) is 0 Å². The Bertz CT molecular complexity index is 992. The Hall–Kier alpha value is -2.82. The van der Waals surface area contributed by atoms with Gasteiger partial charge in [-0.25, -0.2) is 0 Å². The van der Waals surface area contributed by atoms with Crippen LogP contribution in [0.3, 0.4) is 0 Å². The van der Waals surface area contributed by atoms with Crippen molar-refractivity contribution < 1.29 is 9.53 Å². The molecule has 0 N–H and O–H groups in total. The summed E-state index contributed by atoms with van der Waals surface area (Å²) in [7, 11) is 1.66. The van der Waals surface area contributed by atoms with Gasteiger partial charge in [-0.3, -0.25) is 9.69 Å². The van der Waals surface area contributed by atoms with Gasteiger partial charge in [0, 0.05) is 18.1 Å². The molecule has 1 heterocycles. The van der Waals surface area contributed by atoms with Crippen LogP contribution in [-0.2, 0) is 17.8 Å². The Balaban J connectivity index is 1.57. The first kappa shape index (κ1) is 20.5. The van der Waals surface area contributed by atoms with Crippen LogP contribution in [0.25, 0.3) is 0 Å². The molecule has 3 aromatic carbocycles. The molecule has 1 fully saturated rings. The van der Waals surface area contributed by atoms with Crippen LogP contribution in [-0.4, -0.2) is 35.9 Å². The smallest absolute Gasteiger partial charge is 0.238 e. The van der Waals surface area contributed by atoms with E-state index in [1.807, 2.05) is 59.5 Å². The number of halogens is 1. The molecule has 0 radical (unpaired) electrons. The van der Waals surface area contributed by atoms with Gasteiger partial charge >= 0.3 is 0 Å². The van der Waals surface area contributed by atoms with Crippen molar-refractivity contribution in [3.8, 4) is 5.75 Å². The van der Waals surface area contributed by atoms with E-state index in [1.165, 1.54) is 11.1 Å². The Kier molecular flexibility index (Phi) is 6.36. The fourth-order valence-electron chi connectivity index (χ4n) is 3.99. The number of hydrogen-bond acceptors (Lipinski definition) is 3. The third kappa shape index (κ3) is 4.66. The molecule has 1 aliphatic heterocycles. The second-order valence-corrected chi connectivity index (χ2v) is 7.94. The molecule has 30 heavy (non-hydrogen) atoms. The lowest BCUT2D eigenvalue weighted by molar-refractivity contribution is -0.128. The second kappa shape index (κ2) is 9.33. The standard InChI is InChI=1S/C25H25ClN2O2/c1-30-23-12-10-19(11-13-23)14-15-28-24(29)18-27(17-20-6-3-2-4-7-20)25(28)21-8-5-9-22(26)16-21/h2-13,16,25H,14-15,17-18H2,1H3. The maximum atomic E-state index is 13.0. The number of rotatable bonds is 7. The summed E-state index contributed by atoms with van der Waals surface area (Å²) in [6, 6.07) is 26.1. The molecule has 0 saturated carbocycles. The second-order valence-electron chi connectivity index (χ2n) is 7.50. The van der Waals surface area contributed by atoms with E-state index >= 15 is 0 Å². The average molecular weight is 421 g/mol. The zero-order chi connectivity index (χ0) is 20.9. The summed E-state index contributed by atoms with van der Waals surface area (Å²) in [6.07, 6.45) is 0.654. The number of amides is 1. The summed E-state index contributed by atoms with van der Waals surface area (Å²) in [5.41, 5.74) is 3.41. The van der Waals surface area contributed by atoms with Gasteiger partial charge in [0.05, 0.1) is 13.7 Å². The number of ether oxygens (including phenoxy) is 1. The molecular weight excluding hydrogens is 396 g/mol. The van der Waals surface area contributed by atoms with Crippen molar-refractivity contribution in [1.29, 1.82) is 0 Å². The summed E-state index contributed by atoms with van der Waals surface area (Å²) in [6.45, 7) is 1.76. The van der Waals surface area contributed by atoms with Gasteiger partial charge in [-0.1, -0.05) is 66.2 Å². The summed E-state index contributed by atoms with van der Waals surface area (Å²) in [4.78, 5) is 17.2. The van der Waals surface area contributed by atoms with Crippen molar-refractivity contribution in [2.75, 3.05) is 20.2 Å². The van der Waals surface area contributed by atoms with Crippen molar-refractivity contribution in [2.24, 2.45) is 0 Å². The number of carbonyl (C=O) groups is 1. The number of nitrogens with zero attached hydrogens (tertiary/aromatic N) is 2. The largest absolute Gasteiger partial charge is 0.497 e. The first-order valence-electron chi connectivity index (χ1n) is 10.1. The van der Waals surface area contributed by atoms with Crippen LogP contribution in [0.1, 0.15) is 22.9 Å². The lowest BCUT2D eigenvalue weighted by atomic mass is 10.1. The molecule has 3 aromatic rings. The zero-order valence-electron chi connectivity index (χ0n) is 17.0. The minimum absolute atomic E-state index is 0.130. The highest BCUT2D eigenvalue weighted by molar-refractivity contribution is 6.30. The molecule has 0 aromatic heterocycles. The van der Waals surface area contributed by atoms with Crippen molar-refractivity contribution in [2.45, 2.75) is 19.1 Å². The van der Waals surface area contributed by atoms with E-state index in [9.17, 15) is 4.79 Å². The molecule has 1 aliphatic rings. The lowest BCUT2D eigenvalue weighted by Crippen LogP contribution is -2.33. The highest BCUT2D eigenvalue weighted by Crippen LogP contribution is 2.33. The van der Waals surface area contributed by atoms with Crippen molar-refractivity contribution in [3.05, 3.63) is 101 Å². The Morgan fingerprint density at radius 2 is 1.73 bits per heavy atom. The Labute approximate surface area is 182 Å². The molecular formula is C25H25ClN2O2. The lowest BCUT2D eigenvalue weighted by Gasteiger charge is -2.31. The molecule has 0 aliphatic carbocycles. The van der Waals surface area contributed by atoms with Crippen LogP contribution < -0.4 is 4.74 Å². The van der Waals surface area contributed by atoms with Gasteiger partial charge in [-0.15, -0.1) is 0 Å². The van der Waals surface area contributed by atoms with Gasteiger partial charge in [0.25, 0.3) is 0 Å². The summed E-state index contributed by atoms with van der Waals surface area (Å²) in [5, 5.41) is 0.682. The predicted octanol–water partition coefficient (Wildman–Crippen LogP) is 4.93. The van der Waals surface area contributed by atoms with E-state index in [1.54, 1.807) is 7.11 Å². The molecule has 1 amide bonds. The Morgan fingerprint density at radius 1 is 0.967 bits per heavy atom. The number of hydrogen-bond donors (Lipinski definition) is 0. The van der Waals surface area contributed by atoms with Crippen LogP contribution >= 0.6 is 11.6 Å². The highest BCUT2D eigenvalue weighted by atomic mass is 35.5. The Morgan fingerprint density at radius 3 is 2.43 bits per heavy atom. The SMILES string of the molecule is COc1ccc(CCN2C(=O)CN(Cc3ccccc3)C2c2cccc(Cl)c2)cc1. The van der Waals surface area contributed by atoms with Gasteiger partial charge in [0.15, 0.2) is 0 Å². The molecule has 1 atom stereocenters. The minimum Gasteiger partial charge on any atom is -0.497 e. The van der Waals surface area contributed by atoms with Gasteiger partial charge in [0.1, 0.15) is 11.9 Å². The summed E-state index contributed by atoms with van der Waals surface area (Å²) < 4.78 is 5.24. The van der Waals surface area contributed by atoms with Crippen molar-refractivity contribution in [3.63, 3.8) is 0 Å². The van der Waals surface area contributed by atoms with Gasteiger partial charge in [0.2, 0.25) is 5.91 Å². The monoisotopic (exact) mass is 420 g/mol. The number of benzene rings is 3. The topological polar surface area (TPSA) is 32.8 Å². The highest BCUT2D eigenvalue weighted by Gasteiger charge is 2.38. The molecule has 0 spiro atoms.